The summed E-state index contributed by atoms with van der Waals surface area (Å²) >= 11 is 1.76. The summed E-state index contributed by atoms with van der Waals surface area (Å²) in [6, 6.07) is 6.32. The van der Waals surface area contributed by atoms with Crippen LogP contribution < -0.4 is 10.6 Å². The van der Waals surface area contributed by atoms with Crippen molar-refractivity contribution < 1.29 is 0 Å². The van der Waals surface area contributed by atoms with Gasteiger partial charge in [-0.1, -0.05) is 6.07 Å². The van der Waals surface area contributed by atoms with Crippen LogP contribution in [0.1, 0.15) is 28.6 Å². The molecule has 0 aliphatic rings. The van der Waals surface area contributed by atoms with Crippen molar-refractivity contribution in [2.75, 3.05) is 13.1 Å². The molecule has 118 valence electrons. The minimum atomic E-state index is 0.727. The minimum absolute atomic E-state index is 0.727. The lowest BCUT2D eigenvalue weighted by atomic mass is 10.2. The maximum atomic E-state index is 4.65. The van der Waals surface area contributed by atoms with E-state index in [9.17, 15) is 0 Å². The molecule has 0 aliphatic carbocycles. The van der Waals surface area contributed by atoms with Crippen molar-refractivity contribution in [3.63, 3.8) is 0 Å². The van der Waals surface area contributed by atoms with Crippen molar-refractivity contribution in [2.24, 2.45) is 4.99 Å². The van der Waals surface area contributed by atoms with E-state index >= 15 is 0 Å². The van der Waals surface area contributed by atoms with Gasteiger partial charge in [-0.3, -0.25) is 4.98 Å². The van der Waals surface area contributed by atoms with Gasteiger partial charge < -0.3 is 10.6 Å². The van der Waals surface area contributed by atoms with Crippen molar-refractivity contribution >= 4 is 17.3 Å². The van der Waals surface area contributed by atoms with Crippen LogP contribution in [0.5, 0.6) is 0 Å². The number of rotatable bonds is 6. The predicted molar refractivity (Wildman–Crippen MR) is 94.6 cm³/mol. The van der Waals surface area contributed by atoms with Gasteiger partial charge in [0.2, 0.25) is 0 Å². The Labute approximate surface area is 136 Å². The van der Waals surface area contributed by atoms with E-state index in [4.69, 9.17) is 0 Å². The molecule has 2 aromatic heterocycles. The molecule has 2 aromatic rings. The Morgan fingerprint density at radius 3 is 2.73 bits per heavy atom. The number of hydrogen-bond acceptors (Lipinski definition) is 3. The average Bonchev–Trinajstić information content (AvgIpc) is 2.92. The quantitative estimate of drug-likeness (QED) is 0.636. The summed E-state index contributed by atoms with van der Waals surface area (Å²) in [5, 5.41) is 8.79. The molecule has 0 aliphatic heterocycles. The zero-order valence-corrected chi connectivity index (χ0v) is 14.3. The molecule has 2 heterocycles. The molecule has 0 saturated carbocycles. The van der Waals surface area contributed by atoms with Crippen molar-refractivity contribution in [1.29, 1.82) is 0 Å². The molecule has 22 heavy (non-hydrogen) atoms. The van der Waals surface area contributed by atoms with E-state index in [0.29, 0.717) is 0 Å². The Morgan fingerprint density at radius 2 is 2.09 bits per heavy atom. The molecular formula is C17H24N4S. The van der Waals surface area contributed by atoms with Crippen LogP contribution in [0.4, 0.5) is 0 Å². The maximum Gasteiger partial charge on any atom is 0.191 e. The first-order valence-corrected chi connectivity index (χ1v) is 8.53. The first kappa shape index (κ1) is 16.5. The Morgan fingerprint density at radius 1 is 1.23 bits per heavy atom. The van der Waals surface area contributed by atoms with Gasteiger partial charge in [-0.2, -0.15) is 0 Å². The number of nitrogens with one attached hydrogen (secondary N) is 2. The standard InChI is InChI=1S/C17H24N4S/c1-4-18-17(21-12-16-13(2)8-10-22-16)19-9-7-15-6-5-14(3)20-11-15/h5-6,8,10-11H,4,7,9,12H2,1-3H3,(H2,18,19,21). The zero-order chi connectivity index (χ0) is 15.8. The molecule has 0 atom stereocenters. The molecule has 0 unspecified atom stereocenters. The molecule has 2 rings (SSSR count). The number of nitrogens with zero attached hydrogens (tertiary/aromatic N) is 2. The van der Waals surface area contributed by atoms with Gasteiger partial charge in [0.1, 0.15) is 0 Å². The highest BCUT2D eigenvalue weighted by Crippen LogP contribution is 2.16. The summed E-state index contributed by atoms with van der Waals surface area (Å²) in [5.41, 5.74) is 3.61. The van der Waals surface area contributed by atoms with Gasteiger partial charge >= 0.3 is 0 Å². The van der Waals surface area contributed by atoms with Crippen molar-refractivity contribution in [3.8, 4) is 0 Å². The van der Waals surface area contributed by atoms with Crippen LogP contribution in [-0.4, -0.2) is 24.0 Å². The van der Waals surface area contributed by atoms with Gasteiger partial charge in [0.15, 0.2) is 5.96 Å². The van der Waals surface area contributed by atoms with Crippen LogP contribution in [0.15, 0.2) is 34.8 Å². The topological polar surface area (TPSA) is 49.3 Å². The van der Waals surface area contributed by atoms with E-state index in [1.807, 2.05) is 19.2 Å². The molecule has 0 spiro atoms. The number of aromatic nitrogens is 1. The maximum absolute atomic E-state index is 4.65. The summed E-state index contributed by atoms with van der Waals surface area (Å²) in [6.07, 6.45) is 2.88. The Bertz CT molecular complexity index is 601. The number of guanidine groups is 1. The number of aliphatic imine (C=N–C) groups is 1. The van der Waals surface area contributed by atoms with Gasteiger partial charge in [-0.15, -0.1) is 11.3 Å². The van der Waals surface area contributed by atoms with Crippen LogP contribution in [0.25, 0.3) is 0 Å². The van der Waals surface area contributed by atoms with Gasteiger partial charge in [0, 0.05) is 29.9 Å². The monoisotopic (exact) mass is 316 g/mol. The molecule has 0 fully saturated rings. The first-order valence-electron chi connectivity index (χ1n) is 7.65. The fourth-order valence-corrected chi connectivity index (χ4v) is 2.86. The second-order valence-corrected chi connectivity index (χ2v) is 6.21. The third kappa shape index (κ3) is 5.15. The van der Waals surface area contributed by atoms with Gasteiger partial charge in [-0.25, -0.2) is 4.99 Å². The highest BCUT2D eigenvalue weighted by atomic mass is 32.1. The molecule has 0 radical (unpaired) electrons. The Hall–Kier alpha value is -1.88. The first-order chi connectivity index (χ1) is 10.7. The Balaban J connectivity index is 1.85. The molecular weight excluding hydrogens is 292 g/mol. The fourth-order valence-electron chi connectivity index (χ4n) is 2.03. The molecule has 2 N–H and O–H groups in total. The second-order valence-electron chi connectivity index (χ2n) is 5.21. The smallest absolute Gasteiger partial charge is 0.191 e. The summed E-state index contributed by atoms with van der Waals surface area (Å²) in [4.78, 5) is 10.3. The summed E-state index contributed by atoms with van der Waals surface area (Å²) in [5.74, 6) is 0.871. The molecule has 5 heteroatoms. The van der Waals surface area contributed by atoms with Crippen LogP contribution in [0.3, 0.4) is 0 Å². The van der Waals surface area contributed by atoms with E-state index in [-0.39, 0.29) is 0 Å². The summed E-state index contributed by atoms with van der Waals surface area (Å²) < 4.78 is 0. The van der Waals surface area contributed by atoms with Crippen LogP contribution in [0.2, 0.25) is 0 Å². The summed E-state index contributed by atoms with van der Waals surface area (Å²) in [7, 11) is 0. The van der Waals surface area contributed by atoms with E-state index in [2.05, 4.69) is 52.0 Å². The summed E-state index contributed by atoms with van der Waals surface area (Å²) in [6.45, 7) is 8.65. The SMILES string of the molecule is CCNC(=NCc1sccc1C)NCCc1ccc(C)nc1. The lowest BCUT2D eigenvalue weighted by Crippen LogP contribution is -2.38. The highest BCUT2D eigenvalue weighted by Gasteiger charge is 2.01. The van der Waals surface area contributed by atoms with Crippen LogP contribution >= 0.6 is 11.3 Å². The van der Waals surface area contributed by atoms with Crippen molar-refractivity contribution in [1.82, 2.24) is 15.6 Å². The third-order valence-electron chi connectivity index (χ3n) is 3.37. The van der Waals surface area contributed by atoms with E-state index in [0.717, 1.165) is 37.7 Å². The highest BCUT2D eigenvalue weighted by molar-refractivity contribution is 7.10. The third-order valence-corrected chi connectivity index (χ3v) is 4.38. The van der Waals surface area contributed by atoms with Gasteiger partial charge in [-0.05, 0) is 55.8 Å². The predicted octanol–water partition coefficient (Wildman–Crippen LogP) is 3.06. The van der Waals surface area contributed by atoms with Crippen molar-refractivity contribution in [2.45, 2.75) is 33.7 Å². The second kappa shape index (κ2) is 8.54. The minimum Gasteiger partial charge on any atom is -0.357 e. The Kier molecular flexibility index (Phi) is 6.40. The molecule has 0 aromatic carbocycles. The van der Waals surface area contributed by atoms with Crippen LogP contribution in [0, 0.1) is 13.8 Å². The lowest BCUT2D eigenvalue weighted by molar-refractivity contribution is 0.798. The van der Waals surface area contributed by atoms with E-state index < -0.39 is 0 Å². The molecule has 4 nitrogen and oxygen atoms in total. The largest absolute Gasteiger partial charge is 0.357 e. The fraction of sp³-hybridized carbons (Fsp3) is 0.412. The van der Waals surface area contributed by atoms with Gasteiger partial charge in [0.05, 0.1) is 6.54 Å². The van der Waals surface area contributed by atoms with Crippen LogP contribution in [-0.2, 0) is 13.0 Å². The van der Waals surface area contributed by atoms with E-state index in [1.165, 1.54) is 16.0 Å². The molecule has 0 bridgehead atoms. The number of aryl methyl sites for hydroxylation is 2. The molecule has 0 amide bonds. The van der Waals surface area contributed by atoms with Gasteiger partial charge in [0.25, 0.3) is 0 Å². The molecule has 0 saturated heterocycles. The number of pyridine rings is 1. The van der Waals surface area contributed by atoms with E-state index in [1.54, 1.807) is 11.3 Å². The number of hydrogen-bond donors (Lipinski definition) is 2. The lowest BCUT2D eigenvalue weighted by Gasteiger charge is -2.11. The normalized spacial score (nSPS) is 11.5. The van der Waals surface area contributed by atoms with Crippen molar-refractivity contribution in [3.05, 3.63) is 51.5 Å². The zero-order valence-electron chi connectivity index (χ0n) is 13.5. The average molecular weight is 316 g/mol. The number of thiophene rings is 1.